The van der Waals surface area contributed by atoms with E-state index in [-0.39, 0.29) is 6.61 Å². The van der Waals surface area contributed by atoms with Crippen molar-refractivity contribution in [1.82, 2.24) is 0 Å². The molecule has 0 spiro atoms. The van der Waals surface area contributed by atoms with Gasteiger partial charge in [0.05, 0.1) is 6.61 Å². The van der Waals surface area contributed by atoms with E-state index in [1.54, 1.807) is 6.92 Å². The maximum Gasteiger partial charge on any atom is 0.317 e. The average molecular weight is 236 g/mol. The lowest BCUT2D eigenvalue weighted by molar-refractivity contribution is -0.151. The number of carboxylic acids is 3. The van der Waals surface area contributed by atoms with E-state index in [4.69, 9.17) is 15.3 Å². The van der Waals surface area contributed by atoms with Crippen LogP contribution in [-0.4, -0.2) is 45.8 Å². The number of carbonyl (C=O) groups excluding carboxylic acids is 1. The summed E-state index contributed by atoms with van der Waals surface area (Å²) in [4.78, 5) is 38.9. The Labute approximate surface area is 90.4 Å². The number of carboxylic acid groups (broad SMARTS) is 3. The van der Waals surface area contributed by atoms with Gasteiger partial charge in [-0.1, -0.05) is 0 Å². The highest BCUT2D eigenvalue weighted by molar-refractivity contribution is 5.90. The Bertz CT molecular complexity index is 257. The lowest BCUT2D eigenvalue weighted by Gasteiger charge is -1.95. The van der Waals surface area contributed by atoms with Crippen molar-refractivity contribution < 1.29 is 39.2 Å². The Kier molecular flexibility index (Phi) is 9.62. The molecule has 16 heavy (non-hydrogen) atoms. The van der Waals surface area contributed by atoms with Gasteiger partial charge < -0.3 is 20.1 Å². The Balaban J connectivity index is 0. The van der Waals surface area contributed by atoms with E-state index in [1.807, 2.05) is 0 Å². The first kappa shape index (κ1) is 16.3. The van der Waals surface area contributed by atoms with E-state index in [2.05, 4.69) is 4.74 Å². The van der Waals surface area contributed by atoms with Gasteiger partial charge >= 0.3 is 23.9 Å². The van der Waals surface area contributed by atoms with E-state index < -0.39 is 36.7 Å². The molecule has 0 saturated carbocycles. The van der Waals surface area contributed by atoms with Crippen molar-refractivity contribution in [3.63, 3.8) is 0 Å². The topological polar surface area (TPSA) is 138 Å². The second kappa shape index (κ2) is 9.44. The SMILES string of the molecule is CCOC(=O)CC(=O)O.O=C(O)CC(=O)O. The number of hydrogen-bond donors (Lipinski definition) is 3. The van der Waals surface area contributed by atoms with Gasteiger partial charge in [0.15, 0.2) is 0 Å². The molecular weight excluding hydrogens is 224 g/mol. The van der Waals surface area contributed by atoms with Crippen molar-refractivity contribution in [2.24, 2.45) is 0 Å². The molecule has 0 atom stereocenters. The predicted octanol–water partition coefficient (Wildman–Crippen LogP) is -0.430. The number of ether oxygens (including phenoxy) is 1. The largest absolute Gasteiger partial charge is 0.481 e. The van der Waals surface area contributed by atoms with E-state index in [0.29, 0.717) is 0 Å². The number of esters is 1. The molecule has 0 aromatic heterocycles. The quantitative estimate of drug-likeness (QED) is 0.431. The Morgan fingerprint density at radius 2 is 1.25 bits per heavy atom. The average Bonchev–Trinajstić information content (AvgIpc) is 2.00. The Morgan fingerprint density at radius 3 is 1.44 bits per heavy atom. The van der Waals surface area contributed by atoms with Gasteiger partial charge in [0, 0.05) is 0 Å². The summed E-state index contributed by atoms with van der Waals surface area (Å²) < 4.78 is 4.33. The molecule has 92 valence electrons. The summed E-state index contributed by atoms with van der Waals surface area (Å²) in [5.74, 6) is -4.47. The molecule has 0 aliphatic heterocycles. The maximum atomic E-state index is 10.3. The molecule has 0 unspecified atom stereocenters. The summed E-state index contributed by atoms with van der Waals surface area (Å²) in [6.07, 6.45) is -1.35. The van der Waals surface area contributed by atoms with Crippen LogP contribution in [0.1, 0.15) is 19.8 Å². The molecule has 0 aromatic rings. The number of aliphatic carboxylic acids is 3. The zero-order valence-electron chi connectivity index (χ0n) is 8.50. The van der Waals surface area contributed by atoms with Crippen molar-refractivity contribution in [3.8, 4) is 0 Å². The van der Waals surface area contributed by atoms with Gasteiger partial charge in [0.2, 0.25) is 0 Å². The lowest BCUT2D eigenvalue weighted by Crippen LogP contribution is -2.09. The lowest BCUT2D eigenvalue weighted by atomic mass is 10.4. The molecule has 0 amide bonds. The number of rotatable bonds is 5. The maximum absolute atomic E-state index is 10.3. The van der Waals surface area contributed by atoms with Crippen LogP contribution in [0, 0.1) is 0 Å². The minimum Gasteiger partial charge on any atom is -0.481 e. The molecule has 8 heteroatoms. The third-order valence-corrected chi connectivity index (χ3v) is 0.903. The van der Waals surface area contributed by atoms with Crippen molar-refractivity contribution in [1.29, 1.82) is 0 Å². The second-order valence-electron chi connectivity index (χ2n) is 2.34. The van der Waals surface area contributed by atoms with E-state index in [0.717, 1.165) is 0 Å². The highest BCUT2D eigenvalue weighted by atomic mass is 16.5. The third-order valence-electron chi connectivity index (χ3n) is 0.903. The highest BCUT2D eigenvalue weighted by Crippen LogP contribution is 1.84. The van der Waals surface area contributed by atoms with Gasteiger partial charge in [0.1, 0.15) is 12.8 Å². The summed E-state index contributed by atoms with van der Waals surface area (Å²) in [5, 5.41) is 23.4. The minimum atomic E-state index is -1.31. The zero-order chi connectivity index (χ0) is 13.1. The van der Waals surface area contributed by atoms with Gasteiger partial charge in [-0.3, -0.25) is 19.2 Å². The highest BCUT2D eigenvalue weighted by Gasteiger charge is 2.06. The first-order chi connectivity index (χ1) is 7.29. The summed E-state index contributed by atoms with van der Waals surface area (Å²) in [5.41, 5.74) is 0. The Morgan fingerprint density at radius 1 is 0.875 bits per heavy atom. The van der Waals surface area contributed by atoms with Crippen molar-refractivity contribution >= 4 is 23.9 Å². The molecule has 0 bridgehead atoms. The number of carbonyl (C=O) groups is 4. The van der Waals surface area contributed by atoms with Crippen LogP contribution >= 0.6 is 0 Å². The molecule has 0 aliphatic rings. The third kappa shape index (κ3) is 17.8. The molecule has 0 fully saturated rings. The monoisotopic (exact) mass is 236 g/mol. The fraction of sp³-hybridized carbons (Fsp3) is 0.500. The van der Waals surface area contributed by atoms with Crippen LogP contribution in [0.2, 0.25) is 0 Å². The molecule has 0 saturated heterocycles. The molecule has 0 heterocycles. The van der Waals surface area contributed by atoms with Crippen molar-refractivity contribution in [3.05, 3.63) is 0 Å². The second-order valence-corrected chi connectivity index (χ2v) is 2.34. The minimum absolute atomic E-state index is 0.228. The van der Waals surface area contributed by atoms with Gasteiger partial charge in [-0.2, -0.15) is 0 Å². The fourth-order valence-corrected chi connectivity index (χ4v) is 0.465. The van der Waals surface area contributed by atoms with Crippen LogP contribution in [0.15, 0.2) is 0 Å². The van der Waals surface area contributed by atoms with Crippen molar-refractivity contribution in [2.45, 2.75) is 19.8 Å². The van der Waals surface area contributed by atoms with E-state index >= 15 is 0 Å². The number of hydrogen-bond acceptors (Lipinski definition) is 5. The van der Waals surface area contributed by atoms with E-state index in [1.165, 1.54) is 0 Å². The van der Waals surface area contributed by atoms with Crippen LogP contribution in [0.4, 0.5) is 0 Å². The summed E-state index contributed by atoms with van der Waals surface area (Å²) in [6.45, 7) is 1.85. The molecule has 3 N–H and O–H groups in total. The van der Waals surface area contributed by atoms with Gasteiger partial charge in [-0.25, -0.2) is 0 Å². The first-order valence-corrected chi connectivity index (χ1v) is 4.10. The Hall–Kier alpha value is -2.12. The molecule has 8 nitrogen and oxygen atoms in total. The molecule has 0 aliphatic carbocycles. The summed E-state index contributed by atoms with van der Waals surface area (Å²) >= 11 is 0. The molecule has 0 radical (unpaired) electrons. The summed E-state index contributed by atoms with van der Waals surface area (Å²) in [6, 6.07) is 0. The van der Waals surface area contributed by atoms with Gasteiger partial charge in [-0.15, -0.1) is 0 Å². The standard InChI is InChI=1S/C5H8O4.C3H4O4/c1-2-9-5(8)3-4(6)7;4-2(5)1-3(6)7/h2-3H2,1H3,(H,6,7);1H2,(H,4,5)(H,6,7). The van der Waals surface area contributed by atoms with Gasteiger partial charge in [-0.05, 0) is 6.92 Å². The zero-order valence-corrected chi connectivity index (χ0v) is 8.50. The molecule has 0 aromatic carbocycles. The molecule has 0 rings (SSSR count). The van der Waals surface area contributed by atoms with Crippen LogP contribution < -0.4 is 0 Å². The fourth-order valence-electron chi connectivity index (χ4n) is 0.465. The van der Waals surface area contributed by atoms with Crippen LogP contribution in [0.5, 0.6) is 0 Å². The first-order valence-electron chi connectivity index (χ1n) is 4.10. The molecular formula is C8H12O8. The summed E-state index contributed by atoms with van der Waals surface area (Å²) in [7, 11) is 0. The predicted molar refractivity (Wildman–Crippen MR) is 48.8 cm³/mol. The normalized spacial score (nSPS) is 8.31. The van der Waals surface area contributed by atoms with Crippen LogP contribution in [0.3, 0.4) is 0 Å². The van der Waals surface area contributed by atoms with Crippen molar-refractivity contribution in [2.75, 3.05) is 6.61 Å². The smallest absolute Gasteiger partial charge is 0.317 e. The van der Waals surface area contributed by atoms with Crippen LogP contribution in [0.25, 0.3) is 0 Å². The van der Waals surface area contributed by atoms with Gasteiger partial charge in [0.25, 0.3) is 0 Å². The van der Waals surface area contributed by atoms with E-state index in [9.17, 15) is 19.2 Å². The van der Waals surface area contributed by atoms with Crippen LogP contribution in [-0.2, 0) is 23.9 Å².